The highest BCUT2D eigenvalue weighted by atomic mass is 35.5. The number of aliphatic hydroxyl groups is 1. The van der Waals surface area contributed by atoms with Crippen LogP contribution >= 0.6 is 11.6 Å². The minimum absolute atomic E-state index is 0.0267. The molecule has 0 aliphatic carbocycles. The van der Waals surface area contributed by atoms with E-state index < -0.39 is 5.60 Å². The van der Waals surface area contributed by atoms with E-state index in [1.807, 2.05) is 48.5 Å². The zero-order chi connectivity index (χ0) is 26.0. The van der Waals surface area contributed by atoms with Crippen LogP contribution in [-0.4, -0.2) is 54.5 Å². The maximum atomic E-state index is 12.7. The van der Waals surface area contributed by atoms with Gasteiger partial charge in [-0.2, -0.15) is 0 Å². The predicted octanol–water partition coefficient (Wildman–Crippen LogP) is 5.74. The summed E-state index contributed by atoms with van der Waals surface area (Å²) < 4.78 is 6.16. The minimum atomic E-state index is -0.800. The van der Waals surface area contributed by atoms with Gasteiger partial charge in [-0.1, -0.05) is 54.1 Å². The molecule has 0 unspecified atom stereocenters. The number of ether oxygens (including phenoxy) is 1. The van der Waals surface area contributed by atoms with Crippen LogP contribution in [0.5, 0.6) is 5.75 Å². The van der Waals surface area contributed by atoms with Crippen molar-refractivity contribution >= 4 is 23.1 Å². The molecule has 0 radical (unpaired) electrons. The third-order valence-electron chi connectivity index (χ3n) is 7.47. The second-order valence-electron chi connectivity index (χ2n) is 10.1. The molecule has 2 aliphatic heterocycles. The molecule has 0 bridgehead atoms. The molecule has 2 aliphatic rings. The fraction of sp³-hybridized carbons (Fsp3) is 0.323. The van der Waals surface area contributed by atoms with E-state index in [1.54, 1.807) is 19.0 Å². The van der Waals surface area contributed by atoms with Crippen molar-refractivity contribution in [3.8, 4) is 5.75 Å². The van der Waals surface area contributed by atoms with Crippen molar-refractivity contribution in [2.45, 2.75) is 31.5 Å². The van der Waals surface area contributed by atoms with Crippen molar-refractivity contribution in [1.29, 1.82) is 0 Å². The van der Waals surface area contributed by atoms with Gasteiger partial charge < -0.3 is 19.6 Å². The molecule has 3 aromatic rings. The van der Waals surface area contributed by atoms with Crippen LogP contribution in [-0.2, 0) is 12.2 Å². The van der Waals surface area contributed by atoms with Crippen LogP contribution in [0.3, 0.4) is 0 Å². The molecular weight excluding hydrogens is 484 g/mol. The lowest BCUT2D eigenvalue weighted by Gasteiger charge is -2.38. The summed E-state index contributed by atoms with van der Waals surface area (Å²) in [6.07, 6.45) is 4.52. The van der Waals surface area contributed by atoms with Crippen LogP contribution in [0, 0.1) is 0 Å². The lowest BCUT2D eigenvalue weighted by atomic mass is 9.84. The van der Waals surface area contributed by atoms with E-state index in [4.69, 9.17) is 16.3 Å². The van der Waals surface area contributed by atoms with E-state index >= 15 is 0 Å². The number of carbonyl (C=O) groups excluding carboxylic acids is 1. The topological polar surface area (TPSA) is 53.0 Å². The van der Waals surface area contributed by atoms with Gasteiger partial charge in [-0.3, -0.25) is 4.79 Å². The summed E-state index contributed by atoms with van der Waals surface area (Å²) in [6.45, 7) is 3.06. The van der Waals surface area contributed by atoms with Gasteiger partial charge in [0, 0.05) is 49.9 Å². The van der Waals surface area contributed by atoms with Gasteiger partial charge in [0.25, 0.3) is 5.91 Å². The average Bonchev–Trinajstić information content (AvgIpc) is 3.06. The number of amides is 1. The van der Waals surface area contributed by atoms with Crippen molar-refractivity contribution in [3.05, 3.63) is 106 Å². The Labute approximate surface area is 223 Å². The van der Waals surface area contributed by atoms with Crippen LogP contribution in [0.15, 0.2) is 72.8 Å². The Hall–Kier alpha value is -3.12. The number of likely N-dealkylation sites (tertiary alicyclic amines) is 1. The summed E-state index contributed by atoms with van der Waals surface area (Å²) >= 11 is 6.03. The van der Waals surface area contributed by atoms with Crippen molar-refractivity contribution in [2.75, 3.05) is 33.7 Å². The molecule has 1 saturated heterocycles. The fourth-order valence-corrected chi connectivity index (χ4v) is 5.40. The molecule has 37 heavy (non-hydrogen) atoms. The summed E-state index contributed by atoms with van der Waals surface area (Å²) in [5.41, 5.74) is 5.12. The van der Waals surface area contributed by atoms with Crippen molar-refractivity contribution in [3.63, 3.8) is 0 Å². The van der Waals surface area contributed by atoms with Gasteiger partial charge in [-0.05, 0) is 71.9 Å². The molecule has 0 saturated carbocycles. The molecule has 0 atom stereocenters. The molecule has 1 fully saturated rings. The highest BCUT2D eigenvalue weighted by Crippen LogP contribution is 2.38. The molecule has 5 rings (SSSR count). The highest BCUT2D eigenvalue weighted by molar-refractivity contribution is 6.30. The second-order valence-corrected chi connectivity index (χ2v) is 10.6. The normalized spacial score (nSPS) is 17.9. The Morgan fingerprint density at radius 1 is 1.05 bits per heavy atom. The molecule has 0 aromatic heterocycles. The Balaban J connectivity index is 1.35. The Morgan fingerprint density at radius 3 is 2.51 bits per heavy atom. The van der Waals surface area contributed by atoms with E-state index in [2.05, 4.69) is 29.2 Å². The van der Waals surface area contributed by atoms with Crippen LogP contribution in [0.1, 0.15) is 51.9 Å². The van der Waals surface area contributed by atoms with E-state index in [9.17, 15) is 9.90 Å². The van der Waals surface area contributed by atoms with Gasteiger partial charge in [0.1, 0.15) is 12.4 Å². The number of rotatable bonds is 5. The molecule has 6 heteroatoms. The number of nitrogens with zero attached hydrogens (tertiary/aromatic N) is 2. The van der Waals surface area contributed by atoms with Gasteiger partial charge in [0.05, 0.1) is 5.60 Å². The second kappa shape index (κ2) is 10.7. The molecule has 1 N–H and O–H groups in total. The van der Waals surface area contributed by atoms with E-state index in [-0.39, 0.29) is 5.91 Å². The van der Waals surface area contributed by atoms with Crippen molar-refractivity contribution < 1.29 is 14.6 Å². The third kappa shape index (κ3) is 5.45. The number of piperidine rings is 1. The van der Waals surface area contributed by atoms with E-state index in [1.165, 1.54) is 0 Å². The number of hydrogen-bond acceptors (Lipinski definition) is 4. The Bertz CT molecular complexity index is 1310. The monoisotopic (exact) mass is 516 g/mol. The summed E-state index contributed by atoms with van der Waals surface area (Å²) in [5.74, 6) is 0.768. The van der Waals surface area contributed by atoms with Gasteiger partial charge in [-0.25, -0.2) is 0 Å². The lowest BCUT2D eigenvalue weighted by molar-refractivity contribution is -0.0254. The zero-order valence-corrected chi connectivity index (χ0v) is 22.2. The zero-order valence-electron chi connectivity index (χ0n) is 21.4. The van der Waals surface area contributed by atoms with Gasteiger partial charge >= 0.3 is 0 Å². The standard InChI is InChI=1S/C31H33ClN2O3/c1-33(2)30(35)22-9-14-29-28(20-22)27(26-7-4-3-6-23(26)21-37-29)8-5-17-34-18-15-31(36,16-19-34)24-10-12-25(32)13-11-24/h3-4,6-14,20,36H,5,15-19,21H2,1-2H3/b27-8+. The average molecular weight is 517 g/mol. The quantitative estimate of drug-likeness (QED) is 0.470. The Morgan fingerprint density at radius 2 is 1.78 bits per heavy atom. The first-order valence-corrected chi connectivity index (χ1v) is 13.2. The smallest absolute Gasteiger partial charge is 0.253 e. The minimum Gasteiger partial charge on any atom is -0.488 e. The third-order valence-corrected chi connectivity index (χ3v) is 7.72. The predicted molar refractivity (Wildman–Crippen MR) is 148 cm³/mol. The van der Waals surface area contributed by atoms with Gasteiger partial charge in [0.2, 0.25) is 0 Å². The largest absolute Gasteiger partial charge is 0.488 e. The number of halogens is 1. The molecule has 2 heterocycles. The number of carbonyl (C=O) groups is 1. The first-order valence-electron chi connectivity index (χ1n) is 12.8. The van der Waals surface area contributed by atoms with Crippen molar-refractivity contribution in [2.24, 2.45) is 0 Å². The van der Waals surface area contributed by atoms with Crippen LogP contribution < -0.4 is 4.74 Å². The van der Waals surface area contributed by atoms with E-state index in [0.717, 1.165) is 59.6 Å². The highest BCUT2D eigenvalue weighted by Gasteiger charge is 2.33. The summed E-state index contributed by atoms with van der Waals surface area (Å²) in [7, 11) is 3.53. The summed E-state index contributed by atoms with van der Waals surface area (Å²) in [5, 5.41) is 11.9. The molecule has 0 spiro atoms. The maximum Gasteiger partial charge on any atom is 0.253 e. The Kier molecular flexibility index (Phi) is 7.38. The van der Waals surface area contributed by atoms with Gasteiger partial charge in [-0.15, -0.1) is 0 Å². The number of fused-ring (bicyclic) bond motifs is 2. The van der Waals surface area contributed by atoms with Crippen LogP contribution in [0.2, 0.25) is 5.02 Å². The van der Waals surface area contributed by atoms with E-state index in [0.29, 0.717) is 30.0 Å². The number of hydrogen-bond donors (Lipinski definition) is 1. The number of benzene rings is 3. The summed E-state index contributed by atoms with van der Waals surface area (Å²) in [6, 6.07) is 21.6. The fourth-order valence-electron chi connectivity index (χ4n) is 5.27. The van der Waals surface area contributed by atoms with Gasteiger partial charge in [0.15, 0.2) is 0 Å². The van der Waals surface area contributed by atoms with Crippen LogP contribution in [0.25, 0.3) is 5.57 Å². The molecular formula is C31H33ClN2O3. The SMILES string of the molecule is CN(C)C(=O)c1ccc2c(c1)/C(=C/CCN1CCC(O)(c3ccc(Cl)cc3)CC1)c1ccccc1CO2. The first-order chi connectivity index (χ1) is 17.8. The molecule has 1 amide bonds. The first kappa shape index (κ1) is 25.5. The van der Waals surface area contributed by atoms with Crippen LogP contribution in [0.4, 0.5) is 0 Å². The lowest BCUT2D eigenvalue weighted by Crippen LogP contribution is -2.42. The molecule has 3 aromatic carbocycles. The molecule has 5 nitrogen and oxygen atoms in total. The molecule has 192 valence electrons. The van der Waals surface area contributed by atoms with Crippen molar-refractivity contribution in [1.82, 2.24) is 9.80 Å². The summed E-state index contributed by atoms with van der Waals surface area (Å²) in [4.78, 5) is 16.7. The maximum absolute atomic E-state index is 12.7.